The average molecular weight is 385 g/mol. The normalized spacial score (nSPS) is 10.4. The molecule has 0 aliphatic rings. The smallest absolute Gasteiger partial charge is 0.229 e. The second-order valence-corrected chi connectivity index (χ2v) is 6.41. The molecule has 2 aromatic carbocycles. The number of hydrogen-bond donors (Lipinski definition) is 2. The molecule has 2 N–H and O–H groups in total. The minimum absolute atomic E-state index is 0.477. The molecule has 0 saturated carbocycles. The Labute approximate surface area is 163 Å². The zero-order valence-corrected chi connectivity index (χ0v) is 16.4. The fourth-order valence-electron chi connectivity index (χ4n) is 2.53. The first-order chi connectivity index (χ1) is 13.0. The molecule has 3 rings (SSSR count). The zero-order valence-electron chi connectivity index (χ0n) is 15.6. The molecule has 140 valence electrons. The van der Waals surface area contributed by atoms with Crippen LogP contribution in [0.4, 0.5) is 23.1 Å². The van der Waals surface area contributed by atoms with Gasteiger partial charge in [-0.1, -0.05) is 17.7 Å². The van der Waals surface area contributed by atoms with Gasteiger partial charge >= 0.3 is 0 Å². The van der Waals surface area contributed by atoms with Gasteiger partial charge in [0, 0.05) is 28.5 Å². The molecule has 1 aromatic heterocycles. The van der Waals surface area contributed by atoms with Crippen LogP contribution in [0.25, 0.3) is 0 Å². The molecule has 0 radical (unpaired) electrons. The van der Waals surface area contributed by atoms with E-state index in [1.54, 1.807) is 14.2 Å². The van der Waals surface area contributed by atoms with Gasteiger partial charge in [0.15, 0.2) is 0 Å². The number of aromatic nitrogens is 2. The largest absolute Gasteiger partial charge is 0.497 e. The average Bonchev–Trinajstić information content (AvgIpc) is 2.64. The van der Waals surface area contributed by atoms with Crippen molar-refractivity contribution in [3.63, 3.8) is 0 Å². The standard InChI is InChI=1S/C20H21ClN4O2/c1-12-5-6-14(10-16(12)21)23-20-22-13(2)9-19(25-20)24-17-8-7-15(26-3)11-18(17)27-4/h5-11H,1-4H3,(H2,22,23,24,25). The molecule has 0 aliphatic heterocycles. The lowest BCUT2D eigenvalue weighted by Gasteiger charge is -2.13. The topological polar surface area (TPSA) is 68.3 Å². The van der Waals surface area contributed by atoms with Gasteiger partial charge in [0.05, 0.1) is 19.9 Å². The van der Waals surface area contributed by atoms with Crippen molar-refractivity contribution in [1.82, 2.24) is 9.97 Å². The summed E-state index contributed by atoms with van der Waals surface area (Å²) in [6.07, 6.45) is 0. The summed E-state index contributed by atoms with van der Waals surface area (Å²) < 4.78 is 10.7. The molecule has 0 bridgehead atoms. The molecule has 1 heterocycles. The van der Waals surface area contributed by atoms with Crippen molar-refractivity contribution in [3.8, 4) is 11.5 Å². The van der Waals surface area contributed by atoms with Crippen LogP contribution >= 0.6 is 11.6 Å². The molecule has 0 aliphatic carbocycles. The Balaban J connectivity index is 1.86. The van der Waals surface area contributed by atoms with Gasteiger partial charge in [-0.25, -0.2) is 4.98 Å². The predicted octanol–water partition coefficient (Wildman–Crippen LogP) is 5.25. The van der Waals surface area contributed by atoms with Crippen molar-refractivity contribution in [1.29, 1.82) is 0 Å². The zero-order chi connectivity index (χ0) is 19.4. The quantitative estimate of drug-likeness (QED) is 0.604. The minimum Gasteiger partial charge on any atom is -0.497 e. The third-order valence-electron chi connectivity index (χ3n) is 3.95. The summed E-state index contributed by atoms with van der Waals surface area (Å²) in [7, 11) is 3.23. The first-order valence-electron chi connectivity index (χ1n) is 8.36. The van der Waals surface area contributed by atoms with Crippen LogP contribution in [0.2, 0.25) is 5.02 Å². The Morgan fingerprint density at radius 2 is 1.70 bits per heavy atom. The second kappa shape index (κ2) is 8.14. The summed E-state index contributed by atoms with van der Waals surface area (Å²) in [5.41, 5.74) is 3.44. The van der Waals surface area contributed by atoms with Gasteiger partial charge in [-0.3, -0.25) is 0 Å². The van der Waals surface area contributed by atoms with Gasteiger partial charge < -0.3 is 20.1 Å². The summed E-state index contributed by atoms with van der Waals surface area (Å²) in [5.74, 6) is 2.50. The van der Waals surface area contributed by atoms with Crippen molar-refractivity contribution in [2.75, 3.05) is 24.9 Å². The summed E-state index contributed by atoms with van der Waals surface area (Å²) in [5, 5.41) is 7.14. The van der Waals surface area contributed by atoms with Gasteiger partial charge in [-0.15, -0.1) is 0 Å². The van der Waals surface area contributed by atoms with Gasteiger partial charge in [-0.2, -0.15) is 4.98 Å². The first-order valence-corrected chi connectivity index (χ1v) is 8.74. The SMILES string of the molecule is COc1ccc(Nc2cc(C)nc(Nc3ccc(C)c(Cl)c3)n2)c(OC)c1. The number of benzene rings is 2. The molecule has 7 heteroatoms. The number of nitrogens with one attached hydrogen (secondary N) is 2. The van der Waals surface area contributed by atoms with E-state index in [-0.39, 0.29) is 0 Å². The molecule has 27 heavy (non-hydrogen) atoms. The highest BCUT2D eigenvalue weighted by molar-refractivity contribution is 6.31. The van der Waals surface area contributed by atoms with Crippen molar-refractivity contribution >= 4 is 34.7 Å². The fourth-order valence-corrected chi connectivity index (χ4v) is 2.71. The summed E-state index contributed by atoms with van der Waals surface area (Å²) in [6, 6.07) is 13.1. The monoisotopic (exact) mass is 384 g/mol. The van der Waals surface area contributed by atoms with E-state index in [0.717, 1.165) is 28.4 Å². The van der Waals surface area contributed by atoms with Gasteiger partial charge in [0.2, 0.25) is 5.95 Å². The summed E-state index contributed by atoms with van der Waals surface area (Å²) in [6.45, 7) is 3.87. The van der Waals surface area contributed by atoms with Gasteiger partial charge in [-0.05, 0) is 43.7 Å². The Bertz CT molecular complexity index is 963. The van der Waals surface area contributed by atoms with Crippen LogP contribution in [0.5, 0.6) is 11.5 Å². The molecule has 0 fully saturated rings. The Hall–Kier alpha value is -2.99. The number of nitrogens with zero attached hydrogens (tertiary/aromatic N) is 2. The van der Waals surface area contributed by atoms with Crippen molar-refractivity contribution in [3.05, 3.63) is 58.7 Å². The fraction of sp³-hybridized carbons (Fsp3) is 0.200. The van der Waals surface area contributed by atoms with E-state index in [1.165, 1.54) is 0 Å². The number of anilines is 4. The van der Waals surface area contributed by atoms with Crippen LogP contribution < -0.4 is 20.1 Å². The number of aryl methyl sites for hydroxylation is 2. The van der Waals surface area contributed by atoms with E-state index in [1.807, 2.05) is 56.3 Å². The Morgan fingerprint density at radius 3 is 2.41 bits per heavy atom. The number of hydrogen-bond acceptors (Lipinski definition) is 6. The maximum Gasteiger partial charge on any atom is 0.229 e. The van der Waals surface area contributed by atoms with Crippen LogP contribution in [0.3, 0.4) is 0 Å². The van der Waals surface area contributed by atoms with Crippen LogP contribution in [0.15, 0.2) is 42.5 Å². The van der Waals surface area contributed by atoms with E-state index in [0.29, 0.717) is 22.5 Å². The third kappa shape index (κ3) is 4.60. The van der Waals surface area contributed by atoms with Gasteiger partial charge in [0.25, 0.3) is 0 Å². The second-order valence-electron chi connectivity index (χ2n) is 6.00. The minimum atomic E-state index is 0.477. The van der Waals surface area contributed by atoms with E-state index in [4.69, 9.17) is 21.1 Å². The lowest BCUT2D eigenvalue weighted by atomic mass is 10.2. The van der Waals surface area contributed by atoms with Crippen LogP contribution in [0, 0.1) is 13.8 Å². The Morgan fingerprint density at radius 1 is 0.889 bits per heavy atom. The highest BCUT2D eigenvalue weighted by Gasteiger charge is 2.09. The van der Waals surface area contributed by atoms with Crippen LogP contribution in [-0.2, 0) is 0 Å². The van der Waals surface area contributed by atoms with E-state index >= 15 is 0 Å². The molecular formula is C20H21ClN4O2. The molecule has 0 amide bonds. The van der Waals surface area contributed by atoms with Gasteiger partial charge in [0.1, 0.15) is 17.3 Å². The molecule has 0 unspecified atom stereocenters. The molecule has 0 spiro atoms. The number of methoxy groups -OCH3 is 2. The predicted molar refractivity (Wildman–Crippen MR) is 109 cm³/mol. The lowest BCUT2D eigenvalue weighted by Crippen LogP contribution is -2.03. The number of ether oxygens (including phenoxy) is 2. The Kier molecular flexibility index (Phi) is 5.66. The highest BCUT2D eigenvalue weighted by atomic mass is 35.5. The first kappa shape index (κ1) is 18.8. The number of rotatable bonds is 6. The van der Waals surface area contributed by atoms with E-state index in [2.05, 4.69) is 20.6 Å². The lowest BCUT2D eigenvalue weighted by molar-refractivity contribution is 0.395. The molecular weight excluding hydrogens is 364 g/mol. The number of halogens is 1. The summed E-state index contributed by atoms with van der Waals surface area (Å²) >= 11 is 6.19. The molecule has 0 saturated heterocycles. The maximum absolute atomic E-state index is 6.19. The van der Waals surface area contributed by atoms with Crippen molar-refractivity contribution in [2.45, 2.75) is 13.8 Å². The van der Waals surface area contributed by atoms with E-state index < -0.39 is 0 Å². The highest BCUT2D eigenvalue weighted by Crippen LogP contribution is 2.31. The van der Waals surface area contributed by atoms with Crippen LogP contribution in [-0.4, -0.2) is 24.2 Å². The molecule has 6 nitrogen and oxygen atoms in total. The van der Waals surface area contributed by atoms with Crippen LogP contribution in [0.1, 0.15) is 11.3 Å². The molecule has 3 aromatic rings. The van der Waals surface area contributed by atoms with Crippen molar-refractivity contribution in [2.24, 2.45) is 0 Å². The third-order valence-corrected chi connectivity index (χ3v) is 4.36. The maximum atomic E-state index is 6.19. The molecule has 0 atom stereocenters. The van der Waals surface area contributed by atoms with E-state index in [9.17, 15) is 0 Å². The van der Waals surface area contributed by atoms with Crippen molar-refractivity contribution < 1.29 is 9.47 Å². The summed E-state index contributed by atoms with van der Waals surface area (Å²) in [4.78, 5) is 8.97.